The molecule has 7 heteroatoms. The molecule has 0 aliphatic heterocycles. The van der Waals surface area contributed by atoms with E-state index in [-0.39, 0.29) is 24.3 Å². The van der Waals surface area contributed by atoms with E-state index in [0.717, 1.165) is 5.56 Å². The van der Waals surface area contributed by atoms with Gasteiger partial charge in [0.2, 0.25) is 5.91 Å². The van der Waals surface area contributed by atoms with Crippen molar-refractivity contribution in [3.8, 4) is 0 Å². The molecule has 1 heterocycles. The number of aliphatic carboxylic acids is 1. The molecule has 6 nitrogen and oxygen atoms in total. The lowest BCUT2D eigenvalue weighted by atomic mass is 9.92. The van der Waals surface area contributed by atoms with Gasteiger partial charge in [0.25, 0.3) is 0 Å². The lowest BCUT2D eigenvalue weighted by Crippen LogP contribution is -2.18. The van der Waals surface area contributed by atoms with Gasteiger partial charge < -0.3 is 15.2 Å². The smallest absolute Gasteiger partial charge is 0.340 e. The van der Waals surface area contributed by atoms with Crippen LogP contribution in [-0.4, -0.2) is 30.1 Å². The van der Waals surface area contributed by atoms with Crippen LogP contribution in [-0.2, 0) is 14.3 Å². The Labute approximate surface area is 143 Å². The van der Waals surface area contributed by atoms with E-state index in [2.05, 4.69) is 10.1 Å². The summed E-state index contributed by atoms with van der Waals surface area (Å²) in [6.45, 7) is 0. The molecule has 0 fully saturated rings. The fraction of sp³-hybridized carbons (Fsp3) is 0.235. The number of ether oxygens (including phenoxy) is 1. The van der Waals surface area contributed by atoms with Gasteiger partial charge in [-0.1, -0.05) is 30.3 Å². The van der Waals surface area contributed by atoms with Crippen molar-refractivity contribution in [2.24, 2.45) is 0 Å². The van der Waals surface area contributed by atoms with Crippen LogP contribution in [0.4, 0.5) is 5.69 Å². The number of rotatable bonds is 7. The molecule has 24 heavy (non-hydrogen) atoms. The molecule has 0 saturated heterocycles. The molecule has 2 aromatic rings. The zero-order valence-electron chi connectivity index (χ0n) is 13.0. The van der Waals surface area contributed by atoms with Crippen molar-refractivity contribution in [2.45, 2.75) is 18.8 Å². The maximum absolute atomic E-state index is 12.3. The first-order chi connectivity index (χ1) is 11.5. The number of amides is 1. The second-order valence-electron chi connectivity index (χ2n) is 5.15. The number of esters is 1. The largest absolute Gasteiger partial charge is 0.481 e. The number of carboxylic acid groups (broad SMARTS) is 1. The van der Waals surface area contributed by atoms with Crippen molar-refractivity contribution in [2.75, 3.05) is 12.4 Å². The van der Waals surface area contributed by atoms with Crippen molar-refractivity contribution < 1.29 is 24.2 Å². The molecule has 0 radical (unpaired) electrons. The lowest BCUT2D eigenvalue weighted by Gasteiger charge is -2.15. The molecule has 0 bridgehead atoms. The molecule has 1 amide bonds. The van der Waals surface area contributed by atoms with E-state index in [4.69, 9.17) is 5.11 Å². The summed E-state index contributed by atoms with van der Waals surface area (Å²) in [5, 5.41) is 15.0. The molecule has 1 aromatic heterocycles. The van der Waals surface area contributed by atoms with E-state index in [0.29, 0.717) is 5.69 Å². The number of anilines is 1. The predicted octanol–water partition coefficient (Wildman–Crippen LogP) is 3.12. The Bertz CT molecular complexity index is 726. The number of hydrogen-bond acceptors (Lipinski definition) is 5. The summed E-state index contributed by atoms with van der Waals surface area (Å²) in [4.78, 5) is 35.0. The minimum Gasteiger partial charge on any atom is -0.481 e. The summed E-state index contributed by atoms with van der Waals surface area (Å²) in [7, 11) is 1.27. The monoisotopic (exact) mass is 347 g/mol. The maximum atomic E-state index is 12.3. The van der Waals surface area contributed by atoms with Crippen LogP contribution in [0.15, 0.2) is 41.1 Å². The molecule has 2 rings (SSSR count). The first kappa shape index (κ1) is 17.7. The standard InChI is InChI=1S/C17H17NO5S/c1-23-17(22)13-9-24-10-14(13)18-15(19)7-12(8-16(20)21)11-5-3-2-4-6-11/h2-6,9-10,12H,7-8H2,1H3,(H,18,19)(H,20,21). The van der Waals surface area contributed by atoms with E-state index in [1.54, 1.807) is 35.0 Å². The highest BCUT2D eigenvalue weighted by Gasteiger charge is 2.21. The average molecular weight is 347 g/mol. The SMILES string of the molecule is COC(=O)c1cscc1NC(=O)CC(CC(=O)O)c1ccccc1. The Morgan fingerprint density at radius 1 is 1.17 bits per heavy atom. The van der Waals surface area contributed by atoms with Crippen molar-refractivity contribution in [3.63, 3.8) is 0 Å². The van der Waals surface area contributed by atoms with Crippen molar-refractivity contribution in [1.29, 1.82) is 0 Å². The number of nitrogens with one attached hydrogen (secondary N) is 1. The minimum atomic E-state index is -0.970. The van der Waals surface area contributed by atoms with Gasteiger partial charge in [0.05, 0.1) is 24.8 Å². The van der Waals surface area contributed by atoms with Gasteiger partial charge in [-0.2, -0.15) is 0 Å². The number of carbonyl (C=O) groups excluding carboxylic acids is 2. The summed E-state index contributed by atoms with van der Waals surface area (Å²) in [6.07, 6.45) is -0.141. The van der Waals surface area contributed by atoms with Gasteiger partial charge in [0.15, 0.2) is 0 Å². The summed E-state index contributed by atoms with van der Waals surface area (Å²) >= 11 is 1.27. The van der Waals surface area contributed by atoms with Gasteiger partial charge in [0, 0.05) is 23.1 Å². The Hall–Kier alpha value is -2.67. The van der Waals surface area contributed by atoms with Crippen molar-refractivity contribution >= 4 is 34.9 Å². The van der Waals surface area contributed by atoms with Crippen molar-refractivity contribution in [3.05, 3.63) is 52.2 Å². The predicted molar refractivity (Wildman–Crippen MR) is 90.3 cm³/mol. The third-order valence-electron chi connectivity index (χ3n) is 3.47. The van der Waals surface area contributed by atoms with Crippen LogP contribution in [0.25, 0.3) is 0 Å². The second kappa shape index (κ2) is 8.26. The maximum Gasteiger partial charge on any atom is 0.340 e. The molecule has 1 atom stereocenters. The number of benzene rings is 1. The molecular formula is C17H17NO5S. The highest BCUT2D eigenvalue weighted by molar-refractivity contribution is 7.08. The number of thiophene rings is 1. The number of carbonyl (C=O) groups is 3. The topological polar surface area (TPSA) is 92.7 Å². The Morgan fingerprint density at radius 3 is 2.50 bits per heavy atom. The zero-order chi connectivity index (χ0) is 17.5. The molecule has 0 aliphatic carbocycles. The van der Waals surface area contributed by atoms with Crippen LogP contribution in [0.2, 0.25) is 0 Å². The quantitative estimate of drug-likeness (QED) is 0.751. The third-order valence-corrected chi connectivity index (χ3v) is 4.21. The van der Waals surface area contributed by atoms with Gasteiger partial charge in [-0.3, -0.25) is 9.59 Å². The second-order valence-corrected chi connectivity index (χ2v) is 5.89. The molecule has 0 spiro atoms. The summed E-state index contributed by atoms with van der Waals surface area (Å²) in [6, 6.07) is 9.03. The van der Waals surface area contributed by atoms with E-state index in [1.165, 1.54) is 18.4 Å². The molecule has 0 aliphatic rings. The first-order valence-electron chi connectivity index (χ1n) is 7.22. The molecule has 1 unspecified atom stereocenters. The number of hydrogen-bond donors (Lipinski definition) is 2. The van der Waals surface area contributed by atoms with Gasteiger partial charge in [-0.25, -0.2) is 4.79 Å². The first-order valence-corrected chi connectivity index (χ1v) is 8.16. The molecular weight excluding hydrogens is 330 g/mol. The molecule has 1 aromatic carbocycles. The van der Waals surface area contributed by atoms with Crippen LogP contribution in [0.5, 0.6) is 0 Å². The van der Waals surface area contributed by atoms with Gasteiger partial charge >= 0.3 is 11.9 Å². The fourth-order valence-electron chi connectivity index (χ4n) is 2.33. The van der Waals surface area contributed by atoms with E-state index >= 15 is 0 Å². The van der Waals surface area contributed by atoms with Crippen molar-refractivity contribution in [1.82, 2.24) is 0 Å². The van der Waals surface area contributed by atoms with Crippen LogP contribution in [0, 0.1) is 0 Å². The highest BCUT2D eigenvalue weighted by Crippen LogP contribution is 2.26. The van der Waals surface area contributed by atoms with Crippen LogP contribution < -0.4 is 5.32 Å². The average Bonchev–Trinajstić information content (AvgIpc) is 3.02. The Kier molecular flexibility index (Phi) is 6.08. The minimum absolute atomic E-state index is 0.00672. The van der Waals surface area contributed by atoms with Gasteiger partial charge in [-0.05, 0) is 5.56 Å². The van der Waals surface area contributed by atoms with Crippen LogP contribution in [0.1, 0.15) is 34.7 Å². The zero-order valence-corrected chi connectivity index (χ0v) is 13.8. The number of methoxy groups -OCH3 is 1. The highest BCUT2D eigenvalue weighted by atomic mass is 32.1. The van der Waals surface area contributed by atoms with Crippen LogP contribution >= 0.6 is 11.3 Å². The Balaban J connectivity index is 2.10. The summed E-state index contributed by atoms with van der Waals surface area (Å²) in [5.74, 6) is -2.29. The summed E-state index contributed by atoms with van der Waals surface area (Å²) in [5.41, 5.74) is 1.44. The lowest BCUT2D eigenvalue weighted by molar-refractivity contribution is -0.137. The van der Waals surface area contributed by atoms with Gasteiger partial charge in [-0.15, -0.1) is 11.3 Å². The van der Waals surface area contributed by atoms with Gasteiger partial charge in [0.1, 0.15) is 0 Å². The van der Waals surface area contributed by atoms with E-state index < -0.39 is 17.9 Å². The number of carboxylic acids is 1. The third kappa shape index (κ3) is 4.66. The Morgan fingerprint density at radius 2 is 1.88 bits per heavy atom. The van der Waals surface area contributed by atoms with E-state index in [1.807, 2.05) is 6.07 Å². The van der Waals surface area contributed by atoms with E-state index in [9.17, 15) is 14.4 Å². The summed E-state index contributed by atoms with van der Waals surface area (Å²) < 4.78 is 4.66. The fourth-order valence-corrected chi connectivity index (χ4v) is 3.08. The molecule has 0 saturated carbocycles. The van der Waals surface area contributed by atoms with Crippen LogP contribution in [0.3, 0.4) is 0 Å². The normalized spacial score (nSPS) is 11.5. The molecule has 126 valence electrons. The molecule has 2 N–H and O–H groups in total.